The molecule has 0 radical (unpaired) electrons. The fourth-order valence-corrected chi connectivity index (χ4v) is 2.63. The SMILES string of the molecule is CC(C)N(CC(N)=S)CC1Cc2ccccc21. The number of nitrogens with zero attached hydrogens (tertiary/aromatic N) is 1. The van der Waals surface area contributed by atoms with Crippen LogP contribution in [0.1, 0.15) is 30.9 Å². The van der Waals surface area contributed by atoms with E-state index in [0.29, 0.717) is 16.9 Å². The molecule has 1 aromatic carbocycles. The molecule has 1 aliphatic carbocycles. The number of rotatable bonds is 5. The lowest BCUT2D eigenvalue weighted by molar-refractivity contribution is 0.230. The zero-order chi connectivity index (χ0) is 12.4. The lowest BCUT2D eigenvalue weighted by Gasteiger charge is -2.36. The highest BCUT2D eigenvalue weighted by Crippen LogP contribution is 2.35. The Kier molecular flexibility index (Phi) is 3.79. The number of nitrogens with two attached hydrogens (primary N) is 1. The van der Waals surface area contributed by atoms with Crippen molar-refractivity contribution >= 4 is 17.2 Å². The Morgan fingerprint density at radius 3 is 2.76 bits per heavy atom. The molecule has 0 spiro atoms. The Morgan fingerprint density at radius 1 is 1.47 bits per heavy atom. The molecule has 17 heavy (non-hydrogen) atoms. The Bertz CT molecular complexity index is 414. The first-order valence-corrected chi connectivity index (χ1v) is 6.59. The van der Waals surface area contributed by atoms with E-state index in [2.05, 4.69) is 43.0 Å². The minimum absolute atomic E-state index is 0.490. The Hall–Kier alpha value is -0.930. The molecular weight excluding hydrogens is 228 g/mol. The Balaban J connectivity index is 1.99. The summed E-state index contributed by atoms with van der Waals surface area (Å²) in [5.74, 6) is 0.656. The normalized spacial score (nSPS) is 18.0. The molecule has 0 saturated carbocycles. The van der Waals surface area contributed by atoms with Gasteiger partial charge in [0.25, 0.3) is 0 Å². The highest BCUT2D eigenvalue weighted by molar-refractivity contribution is 7.80. The second kappa shape index (κ2) is 5.15. The van der Waals surface area contributed by atoms with E-state index in [-0.39, 0.29) is 0 Å². The third-order valence-corrected chi connectivity index (χ3v) is 3.63. The van der Waals surface area contributed by atoms with Gasteiger partial charge in [0.1, 0.15) is 0 Å². The maximum atomic E-state index is 5.65. The molecule has 2 N–H and O–H groups in total. The van der Waals surface area contributed by atoms with Gasteiger partial charge >= 0.3 is 0 Å². The highest BCUT2D eigenvalue weighted by Gasteiger charge is 2.28. The van der Waals surface area contributed by atoms with Crippen molar-refractivity contribution in [3.8, 4) is 0 Å². The predicted octanol–water partition coefficient (Wildman–Crippen LogP) is 2.32. The maximum absolute atomic E-state index is 5.65. The third-order valence-electron chi connectivity index (χ3n) is 3.51. The van der Waals surface area contributed by atoms with Gasteiger partial charge in [-0.2, -0.15) is 0 Å². The van der Waals surface area contributed by atoms with Crippen LogP contribution in [0.3, 0.4) is 0 Å². The van der Waals surface area contributed by atoms with Crippen LogP contribution in [0.15, 0.2) is 24.3 Å². The van der Waals surface area contributed by atoms with Gasteiger partial charge in [-0.25, -0.2) is 0 Å². The van der Waals surface area contributed by atoms with E-state index in [1.54, 1.807) is 0 Å². The molecule has 1 aliphatic rings. The topological polar surface area (TPSA) is 29.3 Å². The second-order valence-corrected chi connectivity index (χ2v) is 5.61. The summed E-state index contributed by atoms with van der Waals surface area (Å²) in [6.45, 7) is 6.18. The van der Waals surface area contributed by atoms with Crippen LogP contribution in [0.25, 0.3) is 0 Å². The molecule has 0 fully saturated rings. The quantitative estimate of drug-likeness (QED) is 0.811. The Morgan fingerprint density at radius 2 is 2.18 bits per heavy atom. The van der Waals surface area contributed by atoms with E-state index < -0.39 is 0 Å². The molecule has 1 aromatic rings. The first kappa shape index (κ1) is 12.5. The van der Waals surface area contributed by atoms with Crippen molar-refractivity contribution in [2.24, 2.45) is 5.73 Å². The first-order valence-electron chi connectivity index (χ1n) is 6.18. The van der Waals surface area contributed by atoms with Crippen LogP contribution in [0.2, 0.25) is 0 Å². The zero-order valence-corrected chi connectivity index (χ0v) is 11.3. The number of thiocarbonyl (C=S) groups is 1. The average molecular weight is 248 g/mol. The third kappa shape index (κ3) is 2.85. The van der Waals surface area contributed by atoms with Crippen LogP contribution < -0.4 is 5.73 Å². The van der Waals surface area contributed by atoms with Crippen LogP contribution in [0.5, 0.6) is 0 Å². The van der Waals surface area contributed by atoms with Crippen LogP contribution in [0.4, 0.5) is 0 Å². The summed E-state index contributed by atoms with van der Waals surface area (Å²) in [6, 6.07) is 9.19. The van der Waals surface area contributed by atoms with Crippen molar-refractivity contribution in [3.05, 3.63) is 35.4 Å². The minimum atomic E-state index is 0.490. The maximum Gasteiger partial charge on any atom is 0.0870 e. The standard InChI is InChI=1S/C14H20N2S/c1-10(2)16(9-14(15)17)8-12-7-11-5-3-4-6-13(11)12/h3-6,10,12H,7-9H2,1-2H3,(H2,15,17). The second-order valence-electron chi connectivity index (χ2n) is 5.09. The number of hydrogen-bond donors (Lipinski definition) is 1. The highest BCUT2D eigenvalue weighted by atomic mass is 32.1. The van der Waals surface area contributed by atoms with Crippen LogP contribution in [-0.2, 0) is 6.42 Å². The summed E-state index contributed by atoms with van der Waals surface area (Å²) in [5.41, 5.74) is 8.65. The number of fused-ring (bicyclic) bond motifs is 1. The van der Waals surface area contributed by atoms with E-state index in [1.807, 2.05) is 0 Å². The average Bonchev–Trinajstić information content (AvgIpc) is 2.23. The molecular formula is C14H20N2S. The van der Waals surface area contributed by atoms with Crippen molar-refractivity contribution in [1.82, 2.24) is 4.90 Å². The van der Waals surface area contributed by atoms with E-state index in [1.165, 1.54) is 17.5 Å². The first-order chi connectivity index (χ1) is 8.08. The van der Waals surface area contributed by atoms with E-state index in [4.69, 9.17) is 18.0 Å². The van der Waals surface area contributed by atoms with E-state index in [9.17, 15) is 0 Å². The van der Waals surface area contributed by atoms with Crippen molar-refractivity contribution in [3.63, 3.8) is 0 Å². The van der Waals surface area contributed by atoms with Crippen LogP contribution in [-0.4, -0.2) is 29.0 Å². The van der Waals surface area contributed by atoms with Gasteiger partial charge in [0.2, 0.25) is 0 Å². The smallest absolute Gasteiger partial charge is 0.0870 e. The lowest BCUT2D eigenvalue weighted by Crippen LogP contribution is -2.42. The summed E-state index contributed by atoms with van der Waals surface area (Å²) in [4.78, 5) is 2.95. The summed E-state index contributed by atoms with van der Waals surface area (Å²) < 4.78 is 0. The number of hydrogen-bond acceptors (Lipinski definition) is 2. The minimum Gasteiger partial charge on any atom is -0.392 e. The fourth-order valence-electron chi connectivity index (χ4n) is 2.47. The molecule has 92 valence electrons. The molecule has 2 rings (SSSR count). The predicted molar refractivity (Wildman–Crippen MR) is 76.4 cm³/mol. The van der Waals surface area contributed by atoms with Crippen molar-refractivity contribution in [2.75, 3.05) is 13.1 Å². The van der Waals surface area contributed by atoms with Gasteiger partial charge < -0.3 is 5.73 Å². The van der Waals surface area contributed by atoms with Gasteiger partial charge in [0.05, 0.1) is 4.99 Å². The molecule has 0 bridgehead atoms. The largest absolute Gasteiger partial charge is 0.392 e. The Labute approximate surface area is 109 Å². The molecule has 3 heteroatoms. The molecule has 0 saturated heterocycles. The van der Waals surface area contributed by atoms with Gasteiger partial charge in [-0.15, -0.1) is 0 Å². The van der Waals surface area contributed by atoms with Gasteiger partial charge in [0.15, 0.2) is 0 Å². The van der Waals surface area contributed by atoms with Crippen molar-refractivity contribution in [2.45, 2.75) is 32.2 Å². The summed E-state index contributed by atoms with van der Waals surface area (Å²) >= 11 is 5.01. The molecule has 0 aromatic heterocycles. The van der Waals surface area contributed by atoms with E-state index >= 15 is 0 Å². The monoisotopic (exact) mass is 248 g/mol. The lowest BCUT2D eigenvalue weighted by atomic mass is 9.77. The van der Waals surface area contributed by atoms with Crippen molar-refractivity contribution < 1.29 is 0 Å². The molecule has 1 atom stereocenters. The molecule has 0 aliphatic heterocycles. The van der Waals surface area contributed by atoms with Crippen LogP contribution >= 0.6 is 12.2 Å². The molecule has 0 heterocycles. The molecule has 2 nitrogen and oxygen atoms in total. The fraction of sp³-hybridized carbons (Fsp3) is 0.500. The van der Waals surface area contributed by atoms with Gasteiger partial charge in [0, 0.05) is 25.0 Å². The van der Waals surface area contributed by atoms with Gasteiger partial charge in [-0.3, -0.25) is 4.90 Å². The van der Waals surface area contributed by atoms with Crippen LogP contribution in [0, 0.1) is 0 Å². The summed E-state index contributed by atoms with van der Waals surface area (Å²) in [6.07, 6.45) is 1.19. The van der Waals surface area contributed by atoms with Crippen molar-refractivity contribution in [1.29, 1.82) is 0 Å². The van der Waals surface area contributed by atoms with Gasteiger partial charge in [-0.1, -0.05) is 36.5 Å². The summed E-state index contributed by atoms with van der Waals surface area (Å²) in [5, 5.41) is 0. The number of benzene rings is 1. The summed E-state index contributed by atoms with van der Waals surface area (Å²) in [7, 11) is 0. The van der Waals surface area contributed by atoms with Gasteiger partial charge in [-0.05, 0) is 31.4 Å². The van der Waals surface area contributed by atoms with E-state index in [0.717, 1.165) is 13.1 Å². The zero-order valence-electron chi connectivity index (χ0n) is 10.5. The molecule has 1 unspecified atom stereocenters. The molecule has 0 amide bonds.